The topological polar surface area (TPSA) is 88.5 Å². The Kier molecular flexibility index (Phi) is 5.03. The first kappa shape index (κ1) is 18.3. The SMILES string of the molecule is COC(=O)C(=O)Nc1cc(C)c(O)c2ncc(Cc3ccc(F)cc3)cc12. The monoisotopic (exact) mass is 368 g/mol. The van der Waals surface area contributed by atoms with Gasteiger partial charge in [-0.15, -0.1) is 0 Å². The molecule has 0 saturated carbocycles. The number of hydrogen-bond donors (Lipinski definition) is 2. The van der Waals surface area contributed by atoms with Crippen LogP contribution in [0.3, 0.4) is 0 Å². The van der Waals surface area contributed by atoms with Gasteiger partial charge in [0.05, 0.1) is 12.8 Å². The van der Waals surface area contributed by atoms with Gasteiger partial charge in [0.2, 0.25) is 0 Å². The van der Waals surface area contributed by atoms with E-state index in [0.717, 1.165) is 18.2 Å². The largest absolute Gasteiger partial charge is 0.505 e. The number of halogens is 1. The minimum absolute atomic E-state index is 0.00519. The molecule has 2 N–H and O–H groups in total. The fourth-order valence-corrected chi connectivity index (χ4v) is 2.76. The number of amides is 1. The summed E-state index contributed by atoms with van der Waals surface area (Å²) in [4.78, 5) is 27.6. The van der Waals surface area contributed by atoms with E-state index in [-0.39, 0.29) is 11.6 Å². The van der Waals surface area contributed by atoms with Crippen molar-refractivity contribution < 1.29 is 23.8 Å². The molecule has 0 saturated heterocycles. The van der Waals surface area contributed by atoms with Gasteiger partial charge in [-0.05, 0) is 54.3 Å². The van der Waals surface area contributed by atoms with E-state index in [2.05, 4.69) is 15.0 Å². The molecular weight excluding hydrogens is 351 g/mol. The van der Waals surface area contributed by atoms with Gasteiger partial charge in [-0.3, -0.25) is 9.78 Å². The molecule has 0 fully saturated rings. The number of phenolic OH excluding ortho intramolecular Hbond substituents is 1. The van der Waals surface area contributed by atoms with Crippen molar-refractivity contribution in [1.29, 1.82) is 0 Å². The zero-order valence-corrected chi connectivity index (χ0v) is 14.7. The highest BCUT2D eigenvalue weighted by Crippen LogP contribution is 2.33. The first-order valence-corrected chi connectivity index (χ1v) is 8.14. The number of anilines is 1. The van der Waals surface area contributed by atoms with Crippen LogP contribution in [-0.4, -0.2) is 29.1 Å². The van der Waals surface area contributed by atoms with E-state index >= 15 is 0 Å². The van der Waals surface area contributed by atoms with Crippen LogP contribution >= 0.6 is 0 Å². The summed E-state index contributed by atoms with van der Waals surface area (Å²) in [6.07, 6.45) is 2.10. The summed E-state index contributed by atoms with van der Waals surface area (Å²) < 4.78 is 17.5. The molecule has 6 nitrogen and oxygen atoms in total. The second kappa shape index (κ2) is 7.41. The number of fused-ring (bicyclic) bond motifs is 1. The number of nitrogens with zero attached hydrogens (tertiary/aromatic N) is 1. The van der Waals surface area contributed by atoms with Gasteiger partial charge in [0, 0.05) is 11.6 Å². The van der Waals surface area contributed by atoms with Gasteiger partial charge in [0.15, 0.2) is 0 Å². The maximum atomic E-state index is 13.1. The van der Waals surface area contributed by atoms with Crippen LogP contribution in [0, 0.1) is 12.7 Å². The molecule has 1 heterocycles. The molecule has 7 heteroatoms. The number of rotatable bonds is 3. The first-order chi connectivity index (χ1) is 12.9. The zero-order chi connectivity index (χ0) is 19.6. The molecule has 27 heavy (non-hydrogen) atoms. The predicted octanol–water partition coefficient (Wildman–Crippen LogP) is 3.09. The van der Waals surface area contributed by atoms with Crippen LogP contribution in [0.5, 0.6) is 5.75 Å². The molecule has 2 aromatic carbocycles. The Morgan fingerprint density at radius 2 is 1.89 bits per heavy atom. The quantitative estimate of drug-likeness (QED) is 0.421. The fraction of sp³-hybridized carbons (Fsp3) is 0.150. The predicted molar refractivity (Wildman–Crippen MR) is 98.0 cm³/mol. The lowest BCUT2D eigenvalue weighted by Crippen LogP contribution is -2.24. The van der Waals surface area contributed by atoms with Crippen molar-refractivity contribution in [2.45, 2.75) is 13.3 Å². The van der Waals surface area contributed by atoms with Crippen LogP contribution in [0.2, 0.25) is 0 Å². The van der Waals surface area contributed by atoms with Gasteiger partial charge >= 0.3 is 11.9 Å². The van der Waals surface area contributed by atoms with Crippen molar-refractivity contribution in [1.82, 2.24) is 4.98 Å². The lowest BCUT2D eigenvalue weighted by Gasteiger charge is -2.12. The fourth-order valence-electron chi connectivity index (χ4n) is 2.76. The van der Waals surface area contributed by atoms with Gasteiger partial charge in [-0.1, -0.05) is 12.1 Å². The highest BCUT2D eigenvalue weighted by atomic mass is 19.1. The van der Waals surface area contributed by atoms with E-state index in [4.69, 9.17) is 0 Å². The summed E-state index contributed by atoms with van der Waals surface area (Å²) in [6.45, 7) is 1.66. The molecule has 1 aromatic heterocycles. The number of benzene rings is 2. The van der Waals surface area contributed by atoms with Crippen molar-refractivity contribution in [2.24, 2.45) is 0 Å². The lowest BCUT2D eigenvalue weighted by atomic mass is 10.0. The second-order valence-electron chi connectivity index (χ2n) is 6.08. The second-order valence-corrected chi connectivity index (χ2v) is 6.08. The average molecular weight is 368 g/mol. The maximum absolute atomic E-state index is 13.1. The van der Waals surface area contributed by atoms with E-state index in [1.807, 2.05) is 0 Å². The Morgan fingerprint density at radius 3 is 2.56 bits per heavy atom. The van der Waals surface area contributed by atoms with E-state index < -0.39 is 11.9 Å². The molecule has 0 bridgehead atoms. The normalized spacial score (nSPS) is 10.6. The summed E-state index contributed by atoms with van der Waals surface area (Å²) in [7, 11) is 1.12. The smallest absolute Gasteiger partial charge is 0.396 e. The third-order valence-corrected chi connectivity index (χ3v) is 4.13. The summed E-state index contributed by atoms with van der Waals surface area (Å²) in [6, 6.07) is 9.42. The first-order valence-electron chi connectivity index (χ1n) is 8.14. The minimum atomic E-state index is -1.02. The van der Waals surface area contributed by atoms with Gasteiger partial charge in [0.25, 0.3) is 0 Å². The molecule has 3 aromatic rings. The number of aromatic nitrogens is 1. The van der Waals surface area contributed by atoms with E-state index in [1.54, 1.807) is 37.4 Å². The number of aryl methyl sites for hydroxylation is 1. The molecule has 0 aliphatic carbocycles. The molecule has 0 aliphatic heterocycles. The Bertz CT molecular complexity index is 1030. The van der Waals surface area contributed by atoms with Gasteiger partial charge < -0.3 is 15.2 Å². The number of phenols is 1. The molecule has 0 radical (unpaired) electrons. The maximum Gasteiger partial charge on any atom is 0.396 e. The third kappa shape index (κ3) is 3.87. The van der Waals surface area contributed by atoms with Crippen LogP contribution in [-0.2, 0) is 20.7 Å². The number of nitrogens with one attached hydrogen (secondary N) is 1. The molecule has 3 rings (SSSR count). The number of hydrogen-bond acceptors (Lipinski definition) is 5. The molecule has 1 amide bonds. The van der Waals surface area contributed by atoms with E-state index in [1.165, 1.54) is 12.1 Å². The van der Waals surface area contributed by atoms with Crippen molar-refractivity contribution in [3.8, 4) is 5.75 Å². The van der Waals surface area contributed by atoms with Crippen LogP contribution in [0.25, 0.3) is 10.9 Å². The number of esters is 1. The molecule has 0 spiro atoms. The van der Waals surface area contributed by atoms with E-state index in [0.29, 0.717) is 28.6 Å². The molecule has 0 aliphatic rings. The standard InChI is InChI=1S/C20H17FN2O4/c1-11-7-16(23-19(25)20(26)27-2)15-9-13(10-22-17(15)18(11)24)8-12-3-5-14(21)6-4-12/h3-7,9-10,24H,8H2,1-2H3,(H,23,25). The number of ether oxygens (including phenoxy) is 1. The van der Waals surface area contributed by atoms with Gasteiger partial charge in [-0.25, -0.2) is 9.18 Å². The van der Waals surface area contributed by atoms with Crippen molar-refractivity contribution in [2.75, 3.05) is 12.4 Å². The average Bonchev–Trinajstić information content (AvgIpc) is 2.67. The van der Waals surface area contributed by atoms with Crippen LogP contribution < -0.4 is 5.32 Å². The Labute approximate surface area is 154 Å². The van der Waals surface area contributed by atoms with Crippen molar-refractivity contribution >= 4 is 28.5 Å². The van der Waals surface area contributed by atoms with E-state index in [9.17, 15) is 19.1 Å². The van der Waals surface area contributed by atoms with Crippen molar-refractivity contribution in [3.05, 3.63) is 65.1 Å². The number of aromatic hydroxyl groups is 1. The number of carbonyl (C=O) groups excluding carboxylic acids is 2. The molecule has 0 unspecified atom stereocenters. The number of methoxy groups -OCH3 is 1. The Balaban J connectivity index is 2.03. The molecular formula is C20H17FN2O4. The summed E-state index contributed by atoms with van der Waals surface area (Å²) in [5, 5.41) is 13.2. The van der Waals surface area contributed by atoms with Crippen LogP contribution in [0.4, 0.5) is 10.1 Å². The minimum Gasteiger partial charge on any atom is -0.505 e. The molecule has 138 valence electrons. The van der Waals surface area contributed by atoms with Crippen LogP contribution in [0.1, 0.15) is 16.7 Å². The lowest BCUT2D eigenvalue weighted by molar-refractivity contribution is -0.150. The summed E-state index contributed by atoms with van der Waals surface area (Å²) >= 11 is 0. The van der Waals surface area contributed by atoms with Gasteiger partial charge in [-0.2, -0.15) is 0 Å². The number of pyridine rings is 1. The zero-order valence-electron chi connectivity index (χ0n) is 14.7. The van der Waals surface area contributed by atoms with Crippen LogP contribution in [0.15, 0.2) is 42.6 Å². The van der Waals surface area contributed by atoms with Gasteiger partial charge in [0.1, 0.15) is 17.1 Å². The Morgan fingerprint density at radius 1 is 1.19 bits per heavy atom. The summed E-state index contributed by atoms with van der Waals surface area (Å²) in [5.74, 6) is -2.27. The molecule has 0 atom stereocenters. The van der Waals surface area contributed by atoms with Crippen molar-refractivity contribution in [3.63, 3.8) is 0 Å². The highest BCUT2D eigenvalue weighted by Gasteiger charge is 2.18. The highest BCUT2D eigenvalue weighted by molar-refractivity contribution is 6.38. The summed E-state index contributed by atoms with van der Waals surface area (Å²) in [5.41, 5.74) is 2.82. The third-order valence-electron chi connectivity index (χ3n) is 4.13. The number of carbonyl (C=O) groups is 2. The Hall–Kier alpha value is -3.48.